The Balaban J connectivity index is 2.36. The van der Waals surface area contributed by atoms with Gasteiger partial charge in [-0.2, -0.15) is 0 Å². The molecule has 1 atom stereocenters. The lowest BCUT2D eigenvalue weighted by atomic mass is 10.1. The number of H-pyrrole nitrogens is 1. The molecule has 0 saturated heterocycles. The molecular weight excluding hydrogens is 268 g/mol. The van der Waals surface area contributed by atoms with Gasteiger partial charge in [-0.05, 0) is 49.9 Å². The summed E-state index contributed by atoms with van der Waals surface area (Å²) in [5, 5.41) is 10.7. The average Bonchev–Trinajstić information content (AvgIpc) is 2.71. The van der Waals surface area contributed by atoms with Gasteiger partial charge in [0.1, 0.15) is 17.0 Å². The van der Waals surface area contributed by atoms with Crippen LogP contribution in [-0.4, -0.2) is 15.1 Å². The maximum atomic E-state index is 9.69. The number of aryl methyl sites for hydroxylation is 2. The molecule has 0 spiro atoms. The van der Waals surface area contributed by atoms with Gasteiger partial charge in [-0.1, -0.05) is 31.7 Å². The molecule has 0 aliphatic carbocycles. The lowest BCUT2D eigenvalue weighted by Crippen LogP contribution is -1.94. The first kappa shape index (κ1) is 15.1. The Hall–Kier alpha value is -1.26. The molecule has 1 aromatic heterocycles. The molecule has 1 unspecified atom stereocenters. The van der Waals surface area contributed by atoms with Crippen molar-refractivity contribution in [2.75, 3.05) is 0 Å². The summed E-state index contributed by atoms with van der Waals surface area (Å²) in [6.45, 7) is 10.2. The minimum atomic E-state index is -0.568. The van der Waals surface area contributed by atoms with Gasteiger partial charge in [0.25, 0.3) is 0 Å². The number of imidazole rings is 1. The zero-order valence-electron chi connectivity index (χ0n) is 12.7. The third kappa shape index (κ3) is 3.44. The molecule has 4 heteroatoms. The van der Waals surface area contributed by atoms with Crippen molar-refractivity contribution in [2.45, 2.75) is 56.6 Å². The van der Waals surface area contributed by atoms with Crippen LogP contribution in [0.2, 0.25) is 0 Å². The second kappa shape index (κ2) is 6.02. The third-order valence-corrected chi connectivity index (χ3v) is 4.07. The first-order valence-corrected chi connectivity index (χ1v) is 7.72. The molecule has 108 valence electrons. The van der Waals surface area contributed by atoms with Crippen LogP contribution >= 0.6 is 11.8 Å². The zero-order valence-corrected chi connectivity index (χ0v) is 13.5. The van der Waals surface area contributed by atoms with Crippen LogP contribution in [0.1, 0.15) is 55.4 Å². The van der Waals surface area contributed by atoms with Crippen molar-refractivity contribution in [1.29, 1.82) is 0 Å². The Morgan fingerprint density at radius 3 is 2.20 bits per heavy atom. The van der Waals surface area contributed by atoms with E-state index in [4.69, 9.17) is 0 Å². The Bertz CT molecular complexity index is 582. The summed E-state index contributed by atoms with van der Waals surface area (Å²) in [5.74, 6) is 0.990. The molecule has 20 heavy (non-hydrogen) atoms. The zero-order chi connectivity index (χ0) is 14.9. The highest BCUT2D eigenvalue weighted by Gasteiger charge is 2.17. The Morgan fingerprint density at radius 1 is 1.10 bits per heavy atom. The molecule has 1 aromatic carbocycles. The molecule has 0 bridgehead atoms. The van der Waals surface area contributed by atoms with E-state index < -0.39 is 6.10 Å². The maximum absolute atomic E-state index is 9.69. The van der Waals surface area contributed by atoms with E-state index in [0.717, 1.165) is 10.7 Å². The average molecular weight is 290 g/mol. The molecule has 0 saturated carbocycles. The quantitative estimate of drug-likeness (QED) is 0.880. The molecule has 0 amide bonds. The number of aliphatic hydroxyl groups excluding tert-OH is 1. The van der Waals surface area contributed by atoms with E-state index in [1.807, 2.05) is 0 Å². The number of rotatable bonds is 4. The molecule has 2 aromatic rings. The van der Waals surface area contributed by atoms with Gasteiger partial charge in [-0.25, -0.2) is 4.98 Å². The molecule has 1 heterocycles. The van der Waals surface area contributed by atoms with E-state index in [9.17, 15) is 5.11 Å². The minimum absolute atomic E-state index is 0.350. The van der Waals surface area contributed by atoms with Crippen LogP contribution in [0.5, 0.6) is 0 Å². The molecule has 3 nitrogen and oxygen atoms in total. The summed E-state index contributed by atoms with van der Waals surface area (Å²) < 4.78 is 0. The van der Waals surface area contributed by atoms with Crippen LogP contribution in [-0.2, 0) is 0 Å². The lowest BCUT2D eigenvalue weighted by molar-refractivity contribution is 0.189. The van der Waals surface area contributed by atoms with Crippen LogP contribution in [0.3, 0.4) is 0 Å². The fraction of sp³-hybridized carbons (Fsp3) is 0.438. The van der Waals surface area contributed by atoms with Crippen LogP contribution in [0, 0.1) is 13.8 Å². The largest absolute Gasteiger partial charge is 0.385 e. The van der Waals surface area contributed by atoms with Crippen LogP contribution < -0.4 is 0 Å². The highest BCUT2D eigenvalue weighted by Crippen LogP contribution is 2.34. The Morgan fingerprint density at radius 2 is 1.70 bits per heavy atom. The smallest absolute Gasteiger partial charge is 0.136 e. The van der Waals surface area contributed by atoms with Crippen LogP contribution in [0.25, 0.3) is 0 Å². The first-order chi connectivity index (χ1) is 9.36. The van der Waals surface area contributed by atoms with E-state index in [0.29, 0.717) is 11.7 Å². The second-order valence-electron chi connectivity index (χ2n) is 5.60. The second-order valence-corrected chi connectivity index (χ2v) is 6.66. The molecule has 0 fully saturated rings. The Kier molecular flexibility index (Phi) is 4.55. The van der Waals surface area contributed by atoms with Crippen LogP contribution in [0.15, 0.2) is 28.1 Å². The highest BCUT2D eigenvalue weighted by molar-refractivity contribution is 7.99. The number of benzene rings is 1. The summed E-state index contributed by atoms with van der Waals surface area (Å²) in [6, 6.07) is 6.50. The number of nitrogens with zero attached hydrogens (tertiary/aromatic N) is 1. The minimum Gasteiger partial charge on any atom is -0.385 e. The standard InChI is InChI=1S/C16H22N2OS/c1-9(2)14-16(18-15(17-14)12(5)19)20-13-7-10(3)6-11(4)8-13/h6-9,12,19H,1-5H3,(H,17,18). The SMILES string of the molecule is Cc1cc(C)cc(Sc2nc(C(C)O)[nH]c2C(C)C)c1. The maximum Gasteiger partial charge on any atom is 0.136 e. The van der Waals surface area contributed by atoms with E-state index in [-0.39, 0.29) is 0 Å². The molecule has 2 rings (SSSR count). The van der Waals surface area contributed by atoms with Crippen molar-refractivity contribution in [3.05, 3.63) is 40.8 Å². The normalized spacial score (nSPS) is 12.9. The monoisotopic (exact) mass is 290 g/mol. The number of aromatic amines is 1. The Labute approximate surface area is 124 Å². The van der Waals surface area contributed by atoms with Gasteiger partial charge in [0.2, 0.25) is 0 Å². The third-order valence-electron chi connectivity index (χ3n) is 3.10. The molecular formula is C16H22N2OS. The summed E-state index contributed by atoms with van der Waals surface area (Å²) in [4.78, 5) is 8.98. The summed E-state index contributed by atoms with van der Waals surface area (Å²) >= 11 is 1.66. The van der Waals surface area contributed by atoms with Crippen molar-refractivity contribution in [3.63, 3.8) is 0 Å². The van der Waals surface area contributed by atoms with Gasteiger partial charge < -0.3 is 10.1 Å². The molecule has 2 N–H and O–H groups in total. The number of aliphatic hydroxyl groups is 1. The number of hydrogen-bond donors (Lipinski definition) is 2. The van der Waals surface area contributed by atoms with E-state index in [2.05, 4.69) is 55.9 Å². The van der Waals surface area contributed by atoms with Crippen molar-refractivity contribution in [1.82, 2.24) is 9.97 Å². The number of hydrogen-bond acceptors (Lipinski definition) is 3. The fourth-order valence-corrected chi connectivity index (χ4v) is 3.41. The van der Waals surface area contributed by atoms with Gasteiger partial charge in [-0.15, -0.1) is 0 Å². The van der Waals surface area contributed by atoms with Gasteiger partial charge in [0.05, 0.1) is 5.69 Å². The summed E-state index contributed by atoms with van der Waals surface area (Å²) in [7, 11) is 0. The van der Waals surface area contributed by atoms with Gasteiger partial charge in [0, 0.05) is 4.90 Å². The van der Waals surface area contributed by atoms with Crippen LogP contribution in [0.4, 0.5) is 0 Å². The predicted molar refractivity (Wildman–Crippen MR) is 83.3 cm³/mol. The summed E-state index contributed by atoms with van der Waals surface area (Å²) in [5.41, 5.74) is 3.60. The number of nitrogens with one attached hydrogen (secondary N) is 1. The number of aromatic nitrogens is 2. The molecule has 0 aliphatic rings. The van der Waals surface area contributed by atoms with Crippen molar-refractivity contribution < 1.29 is 5.11 Å². The van der Waals surface area contributed by atoms with Crippen molar-refractivity contribution >= 4 is 11.8 Å². The molecule has 0 radical (unpaired) electrons. The van der Waals surface area contributed by atoms with Gasteiger partial charge in [0.15, 0.2) is 0 Å². The van der Waals surface area contributed by atoms with E-state index in [1.54, 1.807) is 18.7 Å². The van der Waals surface area contributed by atoms with Gasteiger partial charge >= 0.3 is 0 Å². The lowest BCUT2D eigenvalue weighted by Gasteiger charge is -2.07. The van der Waals surface area contributed by atoms with Crippen molar-refractivity contribution in [2.24, 2.45) is 0 Å². The van der Waals surface area contributed by atoms with Crippen molar-refractivity contribution in [3.8, 4) is 0 Å². The first-order valence-electron chi connectivity index (χ1n) is 6.91. The molecule has 0 aliphatic heterocycles. The van der Waals surface area contributed by atoms with E-state index in [1.165, 1.54) is 16.0 Å². The predicted octanol–water partition coefficient (Wildman–Crippen LogP) is 4.35. The topological polar surface area (TPSA) is 48.9 Å². The van der Waals surface area contributed by atoms with Gasteiger partial charge in [-0.3, -0.25) is 0 Å². The summed E-state index contributed by atoms with van der Waals surface area (Å²) in [6.07, 6.45) is -0.568. The highest BCUT2D eigenvalue weighted by atomic mass is 32.2. The van der Waals surface area contributed by atoms with E-state index >= 15 is 0 Å². The fourth-order valence-electron chi connectivity index (χ4n) is 2.16.